The highest BCUT2D eigenvalue weighted by molar-refractivity contribution is 5.93. The Hall–Kier alpha value is -2.14. The maximum atomic E-state index is 12.5. The third-order valence-corrected chi connectivity index (χ3v) is 3.96. The van der Waals surface area contributed by atoms with E-state index >= 15 is 0 Å². The maximum absolute atomic E-state index is 12.5. The predicted molar refractivity (Wildman–Crippen MR) is 81.5 cm³/mol. The van der Waals surface area contributed by atoms with Gasteiger partial charge in [-0.15, -0.1) is 0 Å². The van der Waals surface area contributed by atoms with E-state index in [1.54, 1.807) is 12.5 Å². The monoisotopic (exact) mass is 284 g/mol. The van der Waals surface area contributed by atoms with Gasteiger partial charge in [-0.3, -0.25) is 9.36 Å². The van der Waals surface area contributed by atoms with Gasteiger partial charge in [0.2, 0.25) is 0 Å². The predicted octanol–water partition coefficient (Wildman–Crippen LogP) is 1.70. The number of rotatable bonds is 3. The quantitative estimate of drug-likeness (QED) is 0.933. The van der Waals surface area contributed by atoms with Gasteiger partial charge in [0.25, 0.3) is 5.91 Å². The average molecular weight is 284 g/mol. The van der Waals surface area contributed by atoms with Crippen molar-refractivity contribution in [2.75, 3.05) is 20.1 Å². The average Bonchev–Trinajstić information content (AvgIpc) is 3.00. The topological polar surface area (TPSA) is 50.2 Å². The van der Waals surface area contributed by atoms with E-state index in [9.17, 15) is 4.79 Å². The van der Waals surface area contributed by atoms with Crippen LogP contribution in [0.1, 0.15) is 23.3 Å². The third-order valence-electron chi connectivity index (χ3n) is 3.96. The number of carbonyl (C=O) groups is 1. The summed E-state index contributed by atoms with van der Waals surface area (Å²) in [4.78, 5) is 18.9. The molecule has 0 bridgehead atoms. The number of para-hydroxylation sites is 1. The summed E-state index contributed by atoms with van der Waals surface area (Å²) < 4.78 is 1.82. The SMILES string of the molecule is CN1CCC(NC(=O)c2cncn2-c2ccccc2)CC1. The Labute approximate surface area is 124 Å². The number of nitrogens with zero attached hydrogens (tertiary/aromatic N) is 3. The number of benzene rings is 1. The minimum atomic E-state index is -0.0501. The number of nitrogens with one attached hydrogen (secondary N) is 1. The van der Waals surface area contributed by atoms with E-state index in [4.69, 9.17) is 0 Å². The Morgan fingerprint density at radius 2 is 1.95 bits per heavy atom. The molecule has 1 aliphatic rings. The molecule has 1 aliphatic heterocycles. The lowest BCUT2D eigenvalue weighted by atomic mass is 10.1. The van der Waals surface area contributed by atoms with Crippen molar-refractivity contribution in [1.29, 1.82) is 0 Å². The fraction of sp³-hybridized carbons (Fsp3) is 0.375. The van der Waals surface area contributed by atoms with Crippen LogP contribution in [-0.4, -0.2) is 46.5 Å². The van der Waals surface area contributed by atoms with Gasteiger partial charge in [0, 0.05) is 11.7 Å². The van der Waals surface area contributed by atoms with E-state index in [1.165, 1.54) is 0 Å². The fourth-order valence-corrected chi connectivity index (χ4v) is 2.67. The summed E-state index contributed by atoms with van der Waals surface area (Å²) in [5, 5.41) is 3.13. The van der Waals surface area contributed by atoms with Crippen molar-refractivity contribution in [3.05, 3.63) is 48.5 Å². The van der Waals surface area contributed by atoms with Crippen LogP contribution >= 0.6 is 0 Å². The Bertz CT molecular complexity index is 600. The first-order valence-corrected chi connectivity index (χ1v) is 7.31. The van der Waals surface area contributed by atoms with Gasteiger partial charge in [-0.1, -0.05) is 18.2 Å². The number of imidazole rings is 1. The zero-order valence-electron chi connectivity index (χ0n) is 12.2. The summed E-state index contributed by atoms with van der Waals surface area (Å²) in [5.74, 6) is -0.0501. The van der Waals surface area contributed by atoms with Crippen molar-refractivity contribution in [3.63, 3.8) is 0 Å². The second-order valence-electron chi connectivity index (χ2n) is 5.54. The lowest BCUT2D eigenvalue weighted by Gasteiger charge is -2.29. The van der Waals surface area contributed by atoms with Crippen molar-refractivity contribution in [2.24, 2.45) is 0 Å². The molecule has 0 radical (unpaired) electrons. The molecule has 1 aromatic heterocycles. The van der Waals surface area contributed by atoms with Crippen molar-refractivity contribution in [2.45, 2.75) is 18.9 Å². The first-order valence-electron chi connectivity index (χ1n) is 7.31. The van der Waals surface area contributed by atoms with Gasteiger partial charge in [0.15, 0.2) is 0 Å². The lowest BCUT2D eigenvalue weighted by molar-refractivity contribution is 0.0910. The van der Waals surface area contributed by atoms with Gasteiger partial charge in [0.05, 0.1) is 12.5 Å². The molecule has 0 unspecified atom stereocenters. The van der Waals surface area contributed by atoms with Crippen molar-refractivity contribution in [1.82, 2.24) is 19.8 Å². The molecular formula is C16H20N4O. The Balaban J connectivity index is 1.73. The van der Waals surface area contributed by atoms with E-state index in [-0.39, 0.29) is 11.9 Å². The van der Waals surface area contributed by atoms with E-state index in [1.807, 2.05) is 34.9 Å². The molecule has 1 fully saturated rings. The molecule has 0 aliphatic carbocycles. The van der Waals surface area contributed by atoms with E-state index in [0.29, 0.717) is 5.69 Å². The number of hydrogen-bond acceptors (Lipinski definition) is 3. The highest BCUT2D eigenvalue weighted by Crippen LogP contribution is 2.13. The van der Waals surface area contributed by atoms with E-state index in [0.717, 1.165) is 31.6 Å². The molecule has 1 amide bonds. The molecular weight excluding hydrogens is 264 g/mol. The normalized spacial score (nSPS) is 16.8. The molecule has 2 heterocycles. The Morgan fingerprint density at radius 1 is 1.24 bits per heavy atom. The molecule has 3 rings (SSSR count). The van der Waals surface area contributed by atoms with Crippen LogP contribution in [-0.2, 0) is 0 Å². The maximum Gasteiger partial charge on any atom is 0.270 e. The summed E-state index contributed by atoms with van der Waals surface area (Å²) in [7, 11) is 2.11. The first kappa shape index (κ1) is 13.8. The summed E-state index contributed by atoms with van der Waals surface area (Å²) in [6.45, 7) is 2.06. The van der Waals surface area contributed by atoms with Crippen LogP contribution in [0.4, 0.5) is 0 Å². The van der Waals surface area contributed by atoms with Crippen molar-refractivity contribution in [3.8, 4) is 5.69 Å². The zero-order valence-corrected chi connectivity index (χ0v) is 12.2. The molecule has 0 atom stereocenters. The number of aromatic nitrogens is 2. The third kappa shape index (κ3) is 3.13. The lowest BCUT2D eigenvalue weighted by Crippen LogP contribution is -2.43. The highest BCUT2D eigenvalue weighted by Gasteiger charge is 2.21. The zero-order chi connectivity index (χ0) is 14.7. The summed E-state index contributed by atoms with van der Waals surface area (Å²) in [5.41, 5.74) is 1.53. The first-order chi connectivity index (χ1) is 10.2. The smallest absolute Gasteiger partial charge is 0.270 e. The molecule has 5 heteroatoms. The number of amides is 1. The van der Waals surface area contributed by atoms with Crippen LogP contribution in [0.25, 0.3) is 5.69 Å². The van der Waals surface area contributed by atoms with Gasteiger partial charge in [-0.2, -0.15) is 0 Å². The summed E-state index contributed by atoms with van der Waals surface area (Å²) >= 11 is 0. The molecule has 0 spiro atoms. The van der Waals surface area contributed by atoms with Crippen LogP contribution in [0.2, 0.25) is 0 Å². The number of carbonyl (C=O) groups excluding carboxylic acids is 1. The van der Waals surface area contributed by atoms with Gasteiger partial charge in [-0.05, 0) is 45.1 Å². The highest BCUT2D eigenvalue weighted by atomic mass is 16.2. The van der Waals surface area contributed by atoms with Gasteiger partial charge in [-0.25, -0.2) is 4.98 Å². The van der Waals surface area contributed by atoms with Crippen LogP contribution < -0.4 is 5.32 Å². The van der Waals surface area contributed by atoms with Gasteiger partial charge < -0.3 is 10.2 Å². The Kier molecular flexibility index (Phi) is 4.01. The molecule has 1 saturated heterocycles. The number of hydrogen-bond donors (Lipinski definition) is 1. The molecule has 5 nitrogen and oxygen atoms in total. The molecule has 1 aromatic carbocycles. The van der Waals surface area contributed by atoms with Crippen LogP contribution in [0, 0.1) is 0 Å². The second-order valence-corrected chi connectivity index (χ2v) is 5.54. The van der Waals surface area contributed by atoms with Crippen LogP contribution in [0.5, 0.6) is 0 Å². The minimum Gasteiger partial charge on any atom is -0.348 e. The van der Waals surface area contributed by atoms with Crippen molar-refractivity contribution >= 4 is 5.91 Å². The molecule has 110 valence electrons. The van der Waals surface area contributed by atoms with Crippen molar-refractivity contribution < 1.29 is 4.79 Å². The number of likely N-dealkylation sites (tertiary alicyclic amines) is 1. The summed E-state index contributed by atoms with van der Waals surface area (Å²) in [6.07, 6.45) is 5.31. The number of piperidine rings is 1. The Morgan fingerprint density at radius 3 is 2.67 bits per heavy atom. The van der Waals surface area contributed by atoms with E-state index < -0.39 is 0 Å². The standard InChI is InChI=1S/C16H20N4O/c1-19-9-7-13(8-10-19)18-16(21)15-11-17-12-20(15)14-5-3-2-4-6-14/h2-6,11-13H,7-10H2,1H3,(H,18,21). The summed E-state index contributed by atoms with van der Waals surface area (Å²) in [6, 6.07) is 10.1. The molecule has 1 N–H and O–H groups in total. The molecule has 2 aromatic rings. The second kappa shape index (κ2) is 6.10. The molecule has 0 saturated carbocycles. The van der Waals surface area contributed by atoms with E-state index in [2.05, 4.69) is 22.2 Å². The van der Waals surface area contributed by atoms with Crippen LogP contribution in [0.15, 0.2) is 42.9 Å². The fourth-order valence-electron chi connectivity index (χ4n) is 2.67. The van der Waals surface area contributed by atoms with Gasteiger partial charge >= 0.3 is 0 Å². The molecule has 21 heavy (non-hydrogen) atoms. The van der Waals surface area contributed by atoms with Gasteiger partial charge in [0.1, 0.15) is 5.69 Å². The minimum absolute atomic E-state index is 0.0501. The largest absolute Gasteiger partial charge is 0.348 e. The van der Waals surface area contributed by atoms with Crippen LogP contribution in [0.3, 0.4) is 0 Å².